The van der Waals surface area contributed by atoms with Crippen LogP contribution in [0, 0.1) is 0 Å². The van der Waals surface area contributed by atoms with Crippen molar-refractivity contribution < 1.29 is 4.79 Å². The first-order chi connectivity index (χ1) is 10.0. The standard InChI is InChI=1S/C17H27N3O/c1-3-17(2,18)16(21)19-15-10-7-11-20(13-15)12-14-8-5-4-6-9-14/h4-6,8-9,15H,3,7,10-13,18H2,1-2H3,(H,19,21). The van der Waals surface area contributed by atoms with Crippen LogP contribution in [0.3, 0.4) is 0 Å². The maximum absolute atomic E-state index is 12.2. The van der Waals surface area contributed by atoms with Gasteiger partial charge in [0.15, 0.2) is 0 Å². The van der Waals surface area contributed by atoms with Crippen molar-refractivity contribution in [3.05, 3.63) is 35.9 Å². The van der Waals surface area contributed by atoms with E-state index in [-0.39, 0.29) is 11.9 Å². The van der Waals surface area contributed by atoms with Gasteiger partial charge in [0.05, 0.1) is 5.54 Å². The summed E-state index contributed by atoms with van der Waals surface area (Å²) in [5, 5.41) is 3.12. The predicted octanol–water partition coefficient (Wildman–Crippen LogP) is 1.89. The molecule has 1 aromatic rings. The van der Waals surface area contributed by atoms with Gasteiger partial charge in [-0.15, -0.1) is 0 Å². The molecule has 4 nitrogen and oxygen atoms in total. The van der Waals surface area contributed by atoms with Crippen LogP contribution in [-0.2, 0) is 11.3 Å². The first-order valence-electron chi connectivity index (χ1n) is 7.87. The molecule has 0 bridgehead atoms. The molecule has 1 heterocycles. The fraction of sp³-hybridized carbons (Fsp3) is 0.588. The van der Waals surface area contributed by atoms with Gasteiger partial charge in [-0.05, 0) is 38.3 Å². The third kappa shape index (κ3) is 4.55. The lowest BCUT2D eigenvalue weighted by Crippen LogP contribution is -2.56. The predicted molar refractivity (Wildman–Crippen MR) is 85.8 cm³/mol. The second kappa shape index (κ2) is 7.05. The van der Waals surface area contributed by atoms with Crippen LogP contribution in [0.15, 0.2) is 30.3 Å². The van der Waals surface area contributed by atoms with E-state index in [0.717, 1.165) is 32.5 Å². The number of rotatable bonds is 5. The van der Waals surface area contributed by atoms with Crippen molar-refractivity contribution >= 4 is 5.91 Å². The van der Waals surface area contributed by atoms with Gasteiger partial charge in [-0.25, -0.2) is 0 Å². The summed E-state index contributed by atoms with van der Waals surface area (Å²) in [5.74, 6) is -0.0310. The van der Waals surface area contributed by atoms with E-state index in [0.29, 0.717) is 6.42 Å². The molecule has 1 aliphatic heterocycles. The SMILES string of the molecule is CCC(C)(N)C(=O)NC1CCCN(Cc2ccccc2)C1. The number of carbonyl (C=O) groups is 1. The van der Waals surface area contributed by atoms with Crippen LogP contribution in [0.1, 0.15) is 38.7 Å². The van der Waals surface area contributed by atoms with Crippen LogP contribution in [0.2, 0.25) is 0 Å². The lowest BCUT2D eigenvalue weighted by Gasteiger charge is -2.35. The van der Waals surface area contributed by atoms with E-state index in [1.54, 1.807) is 6.92 Å². The summed E-state index contributed by atoms with van der Waals surface area (Å²) in [7, 11) is 0. The minimum absolute atomic E-state index is 0.0310. The zero-order valence-corrected chi connectivity index (χ0v) is 13.1. The molecular weight excluding hydrogens is 262 g/mol. The summed E-state index contributed by atoms with van der Waals surface area (Å²) in [6.07, 6.45) is 2.81. The fourth-order valence-corrected chi connectivity index (χ4v) is 2.67. The van der Waals surface area contributed by atoms with Gasteiger partial charge in [-0.2, -0.15) is 0 Å². The van der Waals surface area contributed by atoms with E-state index in [1.165, 1.54) is 5.56 Å². The van der Waals surface area contributed by atoms with Gasteiger partial charge in [0.1, 0.15) is 0 Å². The van der Waals surface area contributed by atoms with Crippen LogP contribution in [0.5, 0.6) is 0 Å². The molecule has 0 saturated carbocycles. The van der Waals surface area contributed by atoms with Gasteiger partial charge < -0.3 is 11.1 Å². The van der Waals surface area contributed by atoms with Crippen LogP contribution >= 0.6 is 0 Å². The van der Waals surface area contributed by atoms with Crippen molar-refractivity contribution in [3.8, 4) is 0 Å². The third-order valence-electron chi connectivity index (χ3n) is 4.34. The van der Waals surface area contributed by atoms with Gasteiger partial charge in [-0.3, -0.25) is 9.69 Å². The van der Waals surface area contributed by atoms with E-state index in [1.807, 2.05) is 13.0 Å². The van der Waals surface area contributed by atoms with Crippen LogP contribution in [0.25, 0.3) is 0 Å². The summed E-state index contributed by atoms with van der Waals surface area (Å²) >= 11 is 0. The maximum atomic E-state index is 12.2. The lowest BCUT2D eigenvalue weighted by atomic mass is 9.97. The molecule has 116 valence electrons. The van der Waals surface area contributed by atoms with Crippen molar-refractivity contribution in [2.45, 2.75) is 51.2 Å². The molecule has 1 aromatic carbocycles. The van der Waals surface area contributed by atoms with Crippen LogP contribution < -0.4 is 11.1 Å². The Bertz CT molecular complexity index is 458. The average Bonchev–Trinajstić information content (AvgIpc) is 2.48. The van der Waals surface area contributed by atoms with Gasteiger partial charge in [-0.1, -0.05) is 37.3 Å². The quantitative estimate of drug-likeness (QED) is 0.870. The second-order valence-corrected chi connectivity index (χ2v) is 6.30. The third-order valence-corrected chi connectivity index (χ3v) is 4.34. The Morgan fingerprint density at radius 3 is 2.81 bits per heavy atom. The molecule has 0 aliphatic carbocycles. The molecule has 21 heavy (non-hydrogen) atoms. The van der Waals surface area contributed by atoms with Gasteiger partial charge in [0, 0.05) is 19.1 Å². The summed E-state index contributed by atoms with van der Waals surface area (Å²) in [6.45, 7) is 6.69. The first-order valence-corrected chi connectivity index (χ1v) is 7.87. The molecule has 3 N–H and O–H groups in total. The number of amides is 1. The summed E-state index contributed by atoms with van der Waals surface area (Å²) in [4.78, 5) is 14.6. The topological polar surface area (TPSA) is 58.4 Å². The Morgan fingerprint density at radius 1 is 1.43 bits per heavy atom. The number of piperidine rings is 1. The van der Waals surface area contributed by atoms with E-state index in [4.69, 9.17) is 5.73 Å². The molecule has 0 radical (unpaired) electrons. The number of carbonyl (C=O) groups excluding carboxylic acids is 1. The first kappa shape index (κ1) is 16.0. The molecule has 1 amide bonds. The molecule has 1 aliphatic rings. The Labute approximate surface area is 127 Å². The Kier molecular flexibility index (Phi) is 5.37. The maximum Gasteiger partial charge on any atom is 0.240 e. The van der Waals surface area contributed by atoms with Gasteiger partial charge in [0.2, 0.25) is 5.91 Å². The molecular formula is C17H27N3O. The molecule has 0 spiro atoms. The molecule has 1 fully saturated rings. The molecule has 1 saturated heterocycles. The highest BCUT2D eigenvalue weighted by molar-refractivity contribution is 5.85. The number of nitrogens with zero attached hydrogens (tertiary/aromatic N) is 1. The molecule has 2 atom stereocenters. The zero-order chi connectivity index (χ0) is 15.3. The lowest BCUT2D eigenvalue weighted by molar-refractivity contribution is -0.127. The van der Waals surface area contributed by atoms with Crippen molar-refractivity contribution in [2.24, 2.45) is 5.73 Å². The molecule has 2 unspecified atom stereocenters. The van der Waals surface area contributed by atoms with Crippen LogP contribution in [0.4, 0.5) is 0 Å². The number of likely N-dealkylation sites (tertiary alicyclic amines) is 1. The highest BCUT2D eigenvalue weighted by Gasteiger charge is 2.29. The number of benzene rings is 1. The van der Waals surface area contributed by atoms with Crippen molar-refractivity contribution in [3.63, 3.8) is 0 Å². The minimum atomic E-state index is -0.762. The number of nitrogens with one attached hydrogen (secondary N) is 1. The van der Waals surface area contributed by atoms with E-state index >= 15 is 0 Å². The van der Waals surface area contributed by atoms with E-state index in [9.17, 15) is 4.79 Å². The Morgan fingerprint density at radius 2 is 2.14 bits per heavy atom. The largest absolute Gasteiger partial charge is 0.350 e. The smallest absolute Gasteiger partial charge is 0.240 e. The van der Waals surface area contributed by atoms with Gasteiger partial charge >= 0.3 is 0 Å². The normalized spacial score (nSPS) is 22.5. The second-order valence-electron chi connectivity index (χ2n) is 6.30. The summed E-state index contributed by atoms with van der Waals surface area (Å²) in [5.41, 5.74) is 6.57. The highest BCUT2D eigenvalue weighted by Crippen LogP contribution is 2.15. The van der Waals surface area contributed by atoms with Crippen molar-refractivity contribution in [1.29, 1.82) is 0 Å². The van der Waals surface area contributed by atoms with Crippen LogP contribution in [-0.4, -0.2) is 35.5 Å². The monoisotopic (exact) mass is 289 g/mol. The summed E-state index contributed by atoms with van der Waals surface area (Å²) in [6, 6.07) is 10.7. The number of hydrogen-bond acceptors (Lipinski definition) is 3. The minimum Gasteiger partial charge on any atom is -0.350 e. The van der Waals surface area contributed by atoms with E-state index < -0.39 is 5.54 Å². The Balaban J connectivity index is 1.88. The van der Waals surface area contributed by atoms with Gasteiger partial charge in [0.25, 0.3) is 0 Å². The van der Waals surface area contributed by atoms with Crippen molar-refractivity contribution in [1.82, 2.24) is 10.2 Å². The average molecular weight is 289 g/mol. The Hall–Kier alpha value is -1.39. The summed E-state index contributed by atoms with van der Waals surface area (Å²) < 4.78 is 0. The molecule has 2 rings (SSSR count). The highest BCUT2D eigenvalue weighted by atomic mass is 16.2. The zero-order valence-electron chi connectivity index (χ0n) is 13.1. The molecule has 0 aromatic heterocycles. The van der Waals surface area contributed by atoms with E-state index in [2.05, 4.69) is 34.5 Å². The number of hydrogen-bond donors (Lipinski definition) is 2. The van der Waals surface area contributed by atoms with Crippen molar-refractivity contribution in [2.75, 3.05) is 13.1 Å². The number of nitrogens with two attached hydrogens (primary N) is 1. The molecule has 4 heteroatoms. The fourth-order valence-electron chi connectivity index (χ4n) is 2.67.